The zero-order valence-corrected chi connectivity index (χ0v) is 10.7. The van der Waals surface area contributed by atoms with Gasteiger partial charge in [0.05, 0.1) is 22.1 Å². The molecule has 0 saturated heterocycles. The molecule has 0 fully saturated rings. The Morgan fingerprint density at radius 1 is 1.00 bits per heavy atom. The van der Waals surface area contributed by atoms with Gasteiger partial charge in [0.2, 0.25) is 0 Å². The van der Waals surface area contributed by atoms with Gasteiger partial charge in [0.25, 0.3) is 0 Å². The number of rotatable bonds is 1. The van der Waals surface area contributed by atoms with Crippen molar-refractivity contribution in [1.29, 1.82) is 0 Å². The van der Waals surface area contributed by atoms with E-state index in [1.54, 1.807) is 0 Å². The molecule has 3 aromatic rings. The first-order valence-electron chi connectivity index (χ1n) is 5.90. The van der Waals surface area contributed by atoms with Crippen molar-refractivity contribution >= 4 is 22.1 Å². The Bertz CT molecular complexity index is 718. The van der Waals surface area contributed by atoms with Crippen molar-refractivity contribution in [2.45, 2.75) is 20.3 Å². The van der Waals surface area contributed by atoms with E-state index in [-0.39, 0.29) is 0 Å². The zero-order valence-electron chi connectivity index (χ0n) is 10.7. The minimum atomic E-state index is 0.952. The molecule has 1 aromatic carbocycles. The van der Waals surface area contributed by atoms with E-state index in [1.165, 1.54) is 11.0 Å². The monoisotopic (exact) mass is 228 g/mol. The maximum absolute atomic E-state index is 4.63. The Kier molecular flexibility index (Phi) is 2.02. The Morgan fingerprint density at radius 2 is 1.65 bits per heavy atom. The van der Waals surface area contributed by atoms with Gasteiger partial charge in [-0.05, 0) is 19.1 Å². The number of nitrogens with zero attached hydrogens (tertiary/aromatic N) is 4. The predicted octanol–water partition coefficient (Wildman–Crippen LogP) is 2.33. The fourth-order valence-corrected chi connectivity index (χ4v) is 2.36. The van der Waals surface area contributed by atoms with Crippen molar-refractivity contribution in [3.8, 4) is 0 Å². The van der Waals surface area contributed by atoms with Crippen molar-refractivity contribution < 1.29 is 0 Å². The maximum atomic E-state index is 4.63. The second-order valence-electron chi connectivity index (χ2n) is 4.49. The fraction of sp³-hybridized carbons (Fsp3) is 0.385. The molecule has 0 saturated carbocycles. The summed E-state index contributed by atoms with van der Waals surface area (Å²) in [7, 11) is 4.12. The van der Waals surface area contributed by atoms with Crippen molar-refractivity contribution in [2.24, 2.45) is 14.1 Å². The zero-order chi connectivity index (χ0) is 12.2. The number of benzene rings is 1. The van der Waals surface area contributed by atoms with Crippen LogP contribution in [-0.2, 0) is 20.5 Å². The molecule has 4 nitrogen and oxygen atoms in total. The summed E-state index contributed by atoms with van der Waals surface area (Å²) in [4.78, 5) is 9.17. The van der Waals surface area contributed by atoms with Crippen molar-refractivity contribution in [2.75, 3.05) is 0 Å². The van der Waals surface area contributed by atoms with E-state index < -0.39 is 0 Å². The minimum Gasteiger partial charge on any atom is -0.331 e. The SMILES string of the molecule is CCc1nc2cc3nc(C)n(C)c3cc2n1C. The number of hydrogen-bond acceptors (Lipinski definition) is 2. The number of aromatic nitrogens is 4. The molecule has 0 bridgehead atoms. The molecule has 0 N–H and O–H groups in total. The topological polar surface area (TPSA) is 35.6 Å². The lowest BCUT2D eigenvalue weighted by atomic mass is 10.2. The molecule has 17 heavy (non-hydrogen) atoms. The molecule has 0 spiro atoms. The molecule has 4 heteroatoms. The van der Waals surface area contributed by atoms with Crippen LogP contribution in [-0.4, -0.2) is 19.1 Å². The minimum absolute atomic E-state index is 0.952. The lowest BCUT2D eigenvalue weighted by Gasteiger charge is -2.00. The van der Waals surface area contributed by atoms with E-state index >= 15 is 0 Å². The lowest BCUT2D eigenvalue weighted by molar-refractivity contribution is 0.828. The van der Waals surface area contributed by atoms with E-state index in [9.17, 15) is 0 Å². The Balaban J connectivity index is 2.45. The molecule has 0 aliphatic carbocycles. The van der Waals surface area contributed by atoms with Crippen LogP contribution < -0.4 is 0 Å². The predicted molar refractivity (Wildman–Crippen MR) is 69.1 cm³/mol. The van der Waals surface area contributed by atoms with Crippen LogP contribution in [0.1, 0.15) is 18.6 Å². The average Bonchev–Trinajstić information content (AvgIpc) is 2.77. The third kappa shape index (κ3) is 1.30. The summed E-state index contributed by atoms with van der Waals surface area (Å²) < 4.78 is 4.28. The van der Waals surface area contributed by atoms with Gasteiger partial charge in [-0.2, -0.15) is 0 Å². The standard InChI is InChI=1S/C13H16N4/c1-5-13-15-10-6-9-11(7-12(10)17(13)4)16(3)8(2)14-9/h6-7H,5H2,1-4H3. The number of aryl methyl sites for hydroxylation is 4. The summed E-state index contributed by atoms with van der Waals surface area (Å²) >= 11 is 0. The highest BCUT2D eigenvalue weighted by atomic mass is 15.1. The fourth-order valence-electron chi connectivity index (χ4n) is 2.36. The average molecular weight is 228 g/mol. The first kappa shape index (κ1) is 10.3. The van der Waals surface area contributed by atoms with E-state index in [2.05, 4.69) is 45.2 Å². The maximum Gasteiger partial charge on any atom is 0.109 e. The molecule has 0 atom stereocenters. The number of hydrogen-bond donors (Lipinski definition) is 0. The van der Waals surface area contributed by atoms with Gasteiger partial charge in [-0.1, -0.05) is 6.92 Å². The highest BCUT2D eigenvalue weighted by molar-refractivity contribution is 5.92. The van der Waals surface area contributed by atoms with Crippen LogP contribution in [0.25, 0.3) is 22.1 Å². The Labute approximate surface area is 99.9 Å². The van der Waals surface area contributed by atoms with Gasteiger partial charge in [-0.3, -0.25) is 0 Å². The molecular weight excluding hydrogens is 212 g/mol. The molecular formula is C13H16N4. The summed E-state index contributed by atoms with van der Waals surface area (Å²) in [6.07, 6.45) is 0.952. The molecule has 3 rings (SSSR count). The summed E-state index contributed by atoms with van der Waals surface area (Å²) in [5, 5.41) is 0. The summed E-state index contributed by atoms with van der Waals surface area (Å²) in [6.45, 7) is 4.15. The third-order valence-electron chi connectivity index (χ3n) is 3.52. The molecule has 2 aromatic heterocycles. The summed E-state index contributed by atoms with van der Waals surface area (Å²) in [6, 6.07) is 4.26. The highest BCUT2D eigenvalue weighted by Crippen LogP contribution is 2.23. The van der Waals surface area contributed by atoms with Gasteiger partial charge in [0.15, 0.2) is 0 Å². The normalized spacial score (nSPS) is 11.8. The Morgan fingerprint density at radius 3 is 2.35 bits per heavy atom. The largest absolute Gasteiger partial charge is 0.331 e. The van der Waals surface area contributed by atoms with Gasteiger partial charge >= 0.3 is 0 Å². The van der Waals surface area contributed by atoms with E-state index in [0.717, 1.165) is 29.1 Å². The van der Waals surface area contributed by atoms with E-state index in [4.69, 9.17) is 0 Å². The first-order chi connectivity index (χ1) is 8.11. The second kappa shape index (κ2) is 3.32. The van der Waals surface area contributed by atoms with Crippen LogP contribution in [0.15, 0.2) is 12.1 Å². The van der Waals surface area contributed by atoms with Crippen LogP contribution >= 0.6 is 0 Å². The first-order valence-corrected chi connectivity index (χ1v) is 5.90. The van der Waals surface area contributed by atoms with Crippen LogP contribution in [0.4, 0.5) is 0 Å². The molecule has 2 heterocycles. The molecule has 0 amide bonds. The highest BCUT2D eigenvalue weighted by Gasteiger charge is 2.11. The van der Waals surface area contributed by atoms with E-state index in [0.29, 0.717) is 0 Å². The van der Waals surface area contributed by atoms with Crippen molar-refractivity contribution in [3.05, 3.63) is 23.8 Å². The lowest BCUT2D eigenvalue weighted by Crippen LogP contribution is -1.95. The smallest absolute Gasteiger partial charge is 0.109 e. The molecule has 0 unspecified atom stereocenters. The van der Waals surface area contributed by atoms with Crippen molar-refractivity contribution in [1.82, 2.24) is 19.1 Å². The van der Waals surface area contributed by atoms with Gasteiger partial charge in [-0.25, -0.2) is 9.97 Å². The van der Waals surface area contributed by atoms with Gasteiger partial charge in [0.1, 0.15) is 11.6 Å². The van der Waals surface area contributed by atoms with Crippen LogP contribution in [0.5, 0.6) is 0 Å². The third-order valence-corrected chi connectivity index (χ3v) is 3.52. The molecule has 0 aliphatic rings. The van der Waals surface area contributed by atoms with Crippen molar-refractivity contribution in [3.63, 3.8) is 0 Å². The van der Waals surface area contributed by atoms with Crippen LogP contribution in [0.2, 0.25) is 0 Å². The van der Waals surface area contributed by atoms with E-state index in [1.807, 2.05) is 14.0 Å². The number of imidazole rings is 2. The molecule has 0 radical (unpaired) electrons. The van der Waals surface area contributed by atoms with Gasteiger partial charge in [0, 0.05) is 20.5 Å². The van der Waals surface area contributed by atoms with Gasteiger partial charge in [-0.15, -0.1) is 0 Å². The quantitative estimate of drug-likeness (QED) is 0.641. The summed E-state index contributed by atoms with van der Waals surface area (Å²) in [5.41, 5.74) is 4.41. The van der Waals surface area contributed by atoms with Crippen LogP contribution in [0.3, 0.4) is 0 Å². The molecule has 88 valence electrons. The van der Waals surface area contributed by atoms with Crippen LogP contribution in [0, 0.1) is 6.92 Å². The summed E-state index contributed by atoms with van der Waals surface area (Å²) in [5.74, 6) is 2.15. The number of fused-ring (bicyclic) bond motifs is 2. The van der Waals surface area contributed by atoms with Gasteiger partial charge < -0.3 is 9.13 Å². The Hall–Kier alpha value is -1.84. The molecule has 0 aliphatic heterocycles. The second-order valence-corrected chi connectivity index (χ2v) is 4.49.